The Morgan fingerprint density at radius 1 is 0.939 bits per heavy atom. The van der Waals surface area contributed by atoms with Crippen LogP contribution in [0.25, 0.3) is 21.8 Å². The van der Waals surface area contributed by atoms with Crippen LogP contribution in [0.5, 0.6) is 0 Å². The molecule has 1 N–H and O–H groups in total. The Morgan fingerprint density at radius 3 is 2.27 bits per heavy atom. The number of carbonyl (C=O) groups is 1. The van der Waals surface area contributed by atoms with Gasteiger partial charge in [0.25, 0.3) is 10.2 Å². The van der Waals surface area contributed by atoms with Crippen molar-refractivity contribution in [3.8, 4) is 0 Å². The number of carbonyl (C=O) groups excluding carboxylic acids is 1. The van der Waals surface area contributed by atoms with E-state index in [4.69, 9.17) is 0 Å². The molecule has 1 aromatic heterocycles. The lowest BCUT2D eigenvalue weighted by Crippen LogP contribution is -2.54. The SMILES string of the molecule is CCN(CC)S(=O)(=O)N1CCN(CC(=O)Nc2ccc3c(c2)c2ccccc2n3CC)CC1. The molecule has 0 radical (unpaired) electrons. The van der Waals surface area contributed by atoms with Gasteiger partial charge in [-0.15, -0.1) is 0 Å². The highest BCUT2D eigenvalue weighted by Gasteiger charge is 2.31. The lowest BCUT2D eigenvalue weighted by atomic mass is 10.1. The molecule has 1 saturated heterocycles. The molecular formula is C24H33N5O3S. The van der Waals surface area contributed by atoms with Crippen molar-refractivity contribution in [3.63, 3.8) is 0 Å². The summed E-state index contributed by atoms with van der Waals surface area (Å²) >= 11 is 0. The van der Waals surface area contributed by atoms with E-state index in [-0.39, 0.29) is 12.5 Å². The zero-order valence-electron chi connectivity index (χ0n) is 19.6. The fraction of sp³-hybridized carbons (Fsp3) is 0.458. The second-order valence-corrected chi connectivity index (χ2v) is 10.2. The predicted molar refractivity (Wildman–Crippen MR) is 134 cm³/mol. The van der Waals surface area contributed by atoms with E-state index < -0.39 is 10.2 Å². The molecule has 1 aliphatic rings. The average Bonchev–Trinajstić information content (AvgIpc) is 3.13. The van der Waals surface area contributed by atoms with Crippen LogP contribution in [0.2, 0.25) is 0 Å². The van der Waals surface area contributed by atoms with Gasteiger partial charge in [-0.25, -0.2) is 0 Å². The Bertz CT molecular complexity index is 1240. The number of para-hydroxylation sites is 1. The molecule has 2 heterocycles. The van der Waals surface area contributed by atoms with E-state index in [9.17, 15) is 13.2 Å². The van der Waals surface area contributed by atoms with Crippen LogP contribution in [0.3, 0.4) is 0 Å². The van der Waals surface area contributed by atoms with Crippen LogP contribution in [0.15, 0.2) is 42.5 Å². The van der Waals surface area contributed by atoms with E-state index in [0.29, 0.717) is 39.3 Å². The number of benzene rings is 2. The van der Waals surface area contributed by atoms with Crippen molar-refractivity contribution in [2.75, 3.05) is 51.1 Å². The number of aromatic nitrogens is 1. The zero-order valence-corrected chi connectivity index (χ0v) is 20.4. The third-order valence-corrected chi connectivity index (χ3v) is 8.62. The van der Waals surface area contributed by atoms with Crippen molar-refractivity contribution >= 4 is 43.6 Å². The quantitative estimate of drug-likeness (QED) is 0.548. The van der Waals surface area contributed by atoms with E-state index in [2.05, 4.69) is 35.0 Å². The third kappa shape index (κ3) is 4.63. The fourth-order valence-corrected chi connectivity index (χ4v) is 6.31. The van der Waals surface area contributed by atoms with Crippen molar-refractivity contribution in [2.24, 2.45) is 0 Å². The minimum absolute atomic E-state index is 0.0892. The summed E-state index contributed by atoms with van der Waals surface area (Å²) in [5.74, 6) is -0.0892. The van der Waals surface area contributed by atoms with Gasteiger partial charge in [0.05, 0.1) is 6.54 Å². The molecule has 8 nitrogen and oxygen atoms in total. The van der Waals surface area contributed by atoms with E-state index in [0.717, 1.165) is 23.1 Å². The molecule has 3 aromatic rings. The molecule has 0 bridgehead atoms. The number of amides is 1. The molecule has 1 aliphatic heterocycles. The van der Waals surface area contributed by atoms with Crippen LogP contribution < -0.4 is 5.32 Å². The summed E-state index contributed by atoms with van der Waals surface area (Å²) < 4.78 is 30.7. The molecule has 1 amide bonds. The molecule has 0 aliphatic carbocycles. The topological polar surface area (TPSA) is 77.9 Å². The number of anilines is 1. The number of hydrogen-bond acceptors (Lipinski definition) is 4. The fourth-order valence-electron chi connectivity index (χ4n) is 4.71. The van der Waals surface area contributed by atoms with Crippen LogP contribution >= 0.6 is 0 Å². The van der Waals surface area contributed by atoms with Gasteiger partial charge in [0.1, 0.15) is 0 Å². The number of fused-ring (bicyclic) bond motifs is 3. The second-order valence-electron chi connectivity index (χ2n) is 8.31. The van der Waals surface area contributed by atoms with Gasteiger partial charge in [0.2, 0.25) is 5.91 Å². The zero-order chi connectivity index (χ0) is 23.6. The molecular weight excluding hydrogens is 438 g/mol. The van der Waals surface area contributed by atoms with Gasteiger partial charge in [-0.05, 0) is 31.2 Å². The minimum atomic E-state index is -3.43. The standard InChI is InChI=1S/C24H33N5O3S/c1-4-27(5-2)33(31,32)28-15-13-26(14-16-28)18-24(30)25-19-11-12-23-21(17-19)20-9-7-8-10-22(20)29(23)6-3/h7-12,17H,4-6,13-16,18H2,1-3H3,(H,25,30). The second kappa shape index (κ2) is 9.80. The first kappa shape index (κ1) is 23.7. The lowest BCUT2D eigenvalue weighted by Gasteiger charge is -2.35. The first-order valence-corrected chi connectivity index (χ1v) is 13.1. The predicted octanol–water partition coefficient (Wildman–Crippen LogP) is 2.96. The highest BCUT2D eigenvalue weighted by atomic mass is 32.2. The van der Waals surface area contributed by atoms with Gasteiger partial charge in [-0.3, -0.25) is 9.69 Å². The number of piperazine rings is 1. The number of aryl methyl sites for hydroxylation is 1. The molecule has 2 aromatic carbocycles. The summed E-state index contributed by atoms with van der Waals surface area (Å²) in [6, 6.07) is 14.4. The number of nitrogens with zero attached hydrogens (tertiary/aromatic N) is 4. The van der Waals surface area contributed by atoms with Gasteiger partial charge in [-0.1, -0.05) is 32.0 Å². The van der Waals surface area contributed by atoms with Gasteiger partial charge in [-0.2, -0.15) is 17.0 Å². The maximum absolute atomic E-state index is 12.7. The Kier molecular flexibility index (Phi) is 7.04. The highest BCUT2D eigenvalue weighted by molar-refractivity contribution is 7.86. The average molecular weight is 472 g/mol. The Labute approximate surface area is 195 Å². The maximum atomic E-state index is 12.7. The van der Waals surface area contributed by atoms with E-state index in [1.54, 1.807) is 0 Å². The van der Waals surface area contributed by atoms with E-state index >= 15 is 0 Å². The number of rotatable bonds is 8. The summed E-state index contributed by atoms with van der Waals surface area (Å²) in [6.45, 7) is 9.74. The minimum Gasteiger partial charge on any atom is -0.341 e. The summed E-state index contributed by atoms with van der Waals surface area (Å²) in [7, 11) is -3.43. The normalized spacial score (nSPS) is 16.1. The Morgan fingerprint density at radius 2 is 1.61 bits per heavy atom. The summed E-state index contributed by atoms with van der Waals surface area (Å²) in [6.07, 6.45) is 0. The van der Waals surface area contributed by atoms with Crippen molar-refractivity contribution < 1.29 is 13.2 Å². The molecule has 33 heavy (non-hydrogen) atoms. The summed E-state index contributed by atoms with van der Waals surface area (Å²) in [4.78, 5) is 14.7. The first-order valence-electron chi connectivity index (χ1n) is 11.7. The van der Waals surface area contributed by atoms with Crippen LogP contribution in [0, 0.1) is 0 Å². The smallest absolute Gasteiger partial charge is 0.282 e. The summed E-state index contributed by atoms with van der Waals surface area (Å²) in [5.41, 5.74) is 3.12. The maximum Gasteiger partial charge on any atom is 0.282 e. The van der Waals surface area contributed by atoms with Crippen molar-refractivity contribution in [2.45, 2.75) is 27.3 Å². The number of hydrogen-bond donors (Lipinski definition) is 1. The molecule has 0 unspecified atom stereocenters. The van der Waals surface area contributed by atoms with Crippen LogP contribution in [-0.2, 0) is 21.5 Å². The van der Waals surface area contributed by atoms with Crippen LogP contribution in [0.1, 0.15) is 20.8 Å². The van der Waals surface area contributed by atoms with Gasteiger partial charge in [0.15, 0.2) is 0 Å². The molecule has 4 rings (SSSR count). The monoisotopic (exact) mass is 471 g/mol. The van der Waals surface area contributed by atoms with Crippen LogP contribution in [-0.4, -0.2) is 78.2 Å². The molecule has 0 spiro atoms. The van der Waals surface area contributed by atoms with Gasteiger partial charge >= 0.3 is 0 Å². The molecule has 0 atom stereocenters. The van der Waals surface area contributed by atoms with Crippen molar-refractivity contribution in [1.82, 2.24) is 18.1 Å². The molecule has 0 saturated carbocycles. The van der Waals surface area contributed by atoms with E-state index in [1.807, 2.05) is 43.0 Å². The van der Waals surface area contributed by atoms with Gasteiger partial charge < -0.3 is 9.88 Å². The molecule has 1 fully saturated rings. The first-order chi connectivity index (χ1) is 15.9. The van der Waals surface area contributed by atoms with Crippen molar-refractivity contribution in [1.29, 1.82) is 0 Å². The Hall–Kier alpha value is -2.46. The Balaban J connectivity index is 1.40. The van der Waals surface area contributed by atoms with Gasteiger partial charge in [0, 0.05) is 73.3 Å². The number of nitrogens with one attached hydrogen (secondary N) is 1. The van der Waals surface area contributed by atoms with Crippen LogP contribution in [0.4, 0.5) is 5.69 Å². The third-order valence-electron chi connectivity index (χ3n) is 6.43. The van der Waals surface area contributed by atoms with Crippen molar-refractivity contribution in [3.05, 3.63) is 42.5 Å². The summed E-state index contributed by atoms with van der Waals surface area (Å²) in [5, 5.41) is 5.32. The van der Waals surface area contributed by atoms with E-state index in [1.165, 1.54) is 19.5 Å². The largest absolute Gasteiger partial charge is 0.341 e. The molecule has 178 valence electrons. The molecule has 9 heteroatoms. The highest BCUT2D eigenvalue weighted by Crippen LogP contribution is 2.31. The lowest BCUT2D eigenvalue weighted by molar-refractivity contribution is -0.117.